The Morgan fingerprint density at radius 1 is 1.20 bits per heavy atom. The Morgan fingerprint density at radius 3 is 2.60 bits per heavy atom. The van der Waals surface area contributed by atoms with Crippen LogP contribution in [0.3, 0.4) is 0 Å². The quantitative estimate of drug-likeness (QED) is 0.521. The molecule has 25 heavy (non-hydrogen) atoms. The van der Waals surface area contributed by atoms with E-state index in [4.69, 9.17) is 9.47 Å². The fraction of sp³-hybridized carbons (Fsp3) is 0.632. The summed E-state index contributed by atoms with van der Waals surface area (Å²) in [5.41, 5.74) is 0.191. The van der Waals surface area contributed by atoms with Gasteiger partial charge in [0.05, 0.1) is 25.9 Å². The van der Waals surface area contributed by atoms with Crippen LogP contribution in [-0.2, 0) is 0 Å². The highest BCUT2D eigenvalue weighted by molar-refractivity contribution is 5.94. The monoisotopic (exact) mass is 349 g/mol. The number of nitrogens with one attached hydrogen (secondary N) is 2. The predicted molar refractivity (Wildman–Crippen MR) is 102 cm³/mol. The van der Waals surface area contributed by atoms with Gasteiger partial charge in [-0.3, -0.25) is 4.99 Å². The zero-order valence-corrected chi connectivity index (χ0v) is 15.6. The van der Waals surface area contributed by atoms with E-state index in [2.05, 4.69) is 15.6 Å². The Kier molecular flexibility index (Phi) is 7.37. The van der Waals surface area contributed by atoms with Crippen molar-refractivity contribution in [3.8, 4) is 11.5 Å². The zero-order valence-electron chi connectivity index (χ0n) is 15.6. The largest absolute Gasteiger partial charge is 0.493 e. The fourth-order valence-corrected chi connectivity index (χ4v) is 3.06. The van der Waals surface area contributed by atoms with Crippen LogP contribution in [0.2, 0.25) is 0 Å². The number of methoxy groups -OCH3 is 1. The molecule has 0 aliphatic heterocycles. The van der Waals surface area contributed by atoms with Gasteiger partial charge >= 0.3 is 0 Å². The van der Waals surface area contributed by atoms with Crippen molar-refractivity contribution in [2.45, 2.75) is 51.6 Å². The zero-order chi connectivity index (χ0) is 18.1. The molecule has 0 bridgehead atoms. The molecule has 0 atom stereocenters. The first kappa shape index (κ1) is 19.4. The van der Waals surface area contributed by atoms with Gasteiger partial charge in [0.1, 0.15) is 0 Å². The highest BCUT2D eigenvalue weighted by Gasteiger charge is 2.28. The normalized spacial score (nSPS) is 17.0. The topological polar surface area (TPSA) is 75.1 Å². The molecule has 0 saturated heterocycles. The van der Waals surface area contributed by atoms with Crippen LogP contribution in [0.25, 0.3) is 0 Å². The van der Waals surface area contributed by atoms with E-state index in [0.29, 0.717) is 30.6 Å². The first-order chi connectivity index (χ1) is 12.1. The molecule has 0 aromatic heterocycles. The van der Waals surface area contributed by atoms with E-state index in [1.54, 1.807) is 7.11 Å². The van der Waals surface area contributed by atoms with Crippen molar-refractivity contribution in [3.63, 3.8) is 0 Å². The molecule has 1 aliphatic rings. The molecule has 0 amide bonds. The van der Waals surface area contributed by atoms with E-state index in [1.807, 2.05) is 32.0 Å². The lowest BCUT2D eigenvalue weighted by Crippen LogP contribution is -2.37. The molecule has 140 valence electrons. The summed E-state index contributed by atoms with van der Waals surface area (Å²) in [6, 6.07) is 5.68. The van der Waals surface area contributed by atoms with Crippen LogP contribution in [0, 0.1) is 0 Å². The van der Waals surface area contributed by atoms with E-state index in [0.717, 1.165) is 37.9 Å². The second kappa shape index (κ2) is 9.51. The van der Waals surface area contributed by atoms with E-state index in [9.17, 15) is 5.11 Å². The SMILES string of the molecule is CCNC(=NCC1(O)CCCCC1)Nc1ccc(OC)c(OCC)c1. The molecule has 6 nitrogen and oxygen atoms in total. The fourth-order valence-electron chi connectivity index (χ4n) is 3.06. The number of aliphatic imine (C=N–C) groups is 1. The van der Waals surface area contributed by atoms with E-state index in [-0.39, 0.29) is 0 Å². The number of guanidine groups is 1. The van der Waals surface area contributed by atoms with Crippen molar-refractivity contribution in [1.29, 1.82) is 0 Å². The lowest BCUT2D eigenvalue weighted by atomic mass is 9.85. The number of benzene rings is 1. The lowest BCUT2D eigenvalue weighted by molar-refractivity contribution is 0.0132. The molecule has 6 heteroatoms. The molecule has 1 saturated carbocycles. The van der Waals surface area contributed by atoms with Crippen LogP contribution < -0.4 is 20.1 Å². The Bertz CT molecular complexity index is 569. The van der Waals surface area contributed by atoms with Crippen molar-refractivity contribution in [2.24, 2.45) is 4.99 Å². The predicted octanol–water partition coefficient (Wildman–Crippen LogP) is 3.17. The molecule has 0 unspecified atom stereocenters. The number of rotatable bonds is 7. The van der Waals surface area contributed by atoms with Gasteiger partial charge in [0.15, 0.2) is 17.5 Å². The van der Waals surface area contributed by atoms with E-state index < -0.39 is 5.60 Å². The van der Waals surface area contributed by atoms with Gasteiger partial charge in [-0.25, -0.2) is 0 Å². The summed E-state index contributed by atoms with van der Waals surface area (Å²) in [5, 5.41) is 17.1. The van der Waals surface area contributed by atoms with Crippen LogP contribution in [0.1, 0.15) is 46.0 Å². The second-order valence-corrected chi connectivity index (χ2v) is 6.40. The van der Waals surface area contributed by atoms with Crippen molar-refractivity contribution in [1.82, 2.24) is 5.32 Å². The van der Waals surface area contributed by atoms with Gasteiger partial charge in [-0.05, 0) is 38.8 Å². The van der Waals surface area contributed by atoms with Crippen molar-refractivity contribution >= 4 is 11.6 Å². The standard InChI is InChI=1S/C19H31N3O3/c1-4-20-18(21-14-19(23)11-7-6-8-12-19)22-15-9-10-16(24-3)17(13-15)25-5-2/h9-10,13,23H,4-8,11-12,14H2,1-3H3,(H2,20,21,22). The number of hydrogen-bond acceptors (Lipinski definition) is 4. The number of anilines is 1. The number of ether oxygens (including phenoxy) is 2. The van der Waals surface area contributed by atoms with Gasteiger partial charge in [0.25, 0.3) is 0 Å². The van der Waals surface area contributed by atoms with Gasteiger partial charge < -0.3 is 25.2 Å². The molecule has 1 fully saturated rings. The summed E-state index contributed by atoms with van der Waals surface area (Å²) in [4.78, 5) is 4.59. The number of nitrogens with zero attached hydrogens (tertiary/aromatic N) is 1. The summed E-state index contributed by atoms with van der Waals surface area (Å²) < 4.78 is 10.9. The van der Waals surface area contributed by atoms with Crippen molar-refractivity contribution < 1.29 is 14.6 Å². The van der Waals surface area contributed by atoms with Crippen molar-refractivity contribution in [3.05, 3.63) is 18.2 Å². The molecule has 2 rings (SSSR count). The van der Waals surface area contributed by atoms with E-state index >= 15 is 0 Å². The third kappa shape index (κ3) is 5.81. The van der Waals surface area contributed by atoms with Gasteiger partial charge in [0.2, 0.25) is 0 Å². The average Bonchev–Trinajstić information content (AvgIpc) is 2.61. The highest BCUT2D eigenvalue weighted by atomic mass is 16.5. The highest BCUT2D eigenvalue weighted by Crippen LogP contribution is 2.30. The maximum Gasteiger partial charge on any atom is 0.195 e. The molecule has 0 radical (unpaired) electrons. The summed E-state index contributed by atoms with van der Waals surface area (Å²) in [6.07, 6.45) is 5.01. The molecular weight excluding hydrogens is 318 g/mol. The molecule has 3 N–H and O–H groups in total. The van der Waals surface area contributed by atoms with E-state index in [1.165, 1.54) is 6.42 Å². The summed E-state index contributed by atoms with van der Waals surface area (Å²) in [7, 11) is 1.63. The summed E-state index contributed by atoms with van der Waals surface area (Å²) in [6.45, 7) is 5.69. The number of hydrogen-bond donors (Lipinski definition) is 3. The smallest absolute Gasteiger partial charge is 0.195 e. The molecule has 0 spiro atoms. The number of aliphatic hydroxyl groups is 1. The summed E-state index contributed by atoms with van der Waals surface area (Å²) in [5.74, 6) is 2.05. The minimum Gasteiger partial charge on any atom is -0.493 e. The molecule has 1 aromatic rings. The molecule has 1 aliphatic carbocycles. The maximum absolute atomic E-state index is 10.6. The minimum absolute atomic E-state index is 0.413. The van der Waals surface area contributed by atoms with Gasteiger partial charge in [-0.15, -0.1) is 0 Å². The van der Waals surface area contributed by atoms with Gasteiger partial charge in [-0.2, -0.15) is 0 Å². The third-order valence-electron chi connectivity index (χ3n) is 4.39. The van der Waals surface area contributed by atoms with Crippen LogP contribution >= 0.6 is 0 Å². The Balaban J connectivity index is 2.09. The van der Waals surface area contributed by atoms with Crippen LogP contribution in [0.5, 0.6) is 11.5 Å². The molecule has 1 aromatic carbocycles. The first-order valence-electron chi connectivity index (χ1n) is 9.19. The third-order valence-corrected chi connectivity index (χ3v) is 4.39. The lowest BCUT2D eigenvalue weighted by Gasteiger charge is -2.30. The summed E-state index contributed by atoms with van der Waals surface area (Å²) >= 11 is 0. The second-order valence-electron chi connectivity index (χ2n) is 6.40. The Hall–Kier alpha value is -1.95. The molecule has 0 heterocycles. The maximum atomic E-state index is 10.6. The Labute approximate surface area is 150 Å². The van der Waals surface area contributed by atoms with Gasteiger partial charge in [0, 0.05) is 18.3 Å². The minimum atomic E-state index is -0.670. The molecular formula is C19H31N3O3. The van der Waals surface area contributed by atoms with Gasteiger partial charge in [-0.1, -0.05) is 19.3 Å². The average molecular weight is 349 g/mol. The Morgan fingerprint density at radius 2 is 1.96 bits per heavy atom. The van der Waals surface area contributed by atoms with Crippen molar-refractivity contribution in [2.75, 3.05) is 32.1 Å². The van der Waals surface area contributed by atoms with Crippen LogP contribution in [0.4, 0.5) is 5.69 Å². The van der Waals surface area contributed by atoms with Crippen LogP contribution in [-0.4, -0.2) is 43.5 Å². The first-order valence-corrected chi connectivity index (χ1v) is 9.19. The van der Waals surface area contributed by atoms with Crippen LogP contribution in [0.15, 0.2) is 23.2 Å².